The predicted octanol–water partition coefficient (Wildman–Crippen LogP) is 4.98. The number of aliphatic hydroxyl groups excluding tert-OH is 1. The quantitative estimate of drug-likeness (QED) is 0.382. The van der Waals surface area contributed by atoms with Crippen LogP contribution >= 0.6 is 0 Å². The summed E-state index contributed by atoms with van der Waals surface area (Å²) in [6.07, 6.45) is 0.389. The van der Waals surface area contributed by atoms with Gasteiger partial charge in [0.25, 0.3) is 0 Å². The van der Waals surface area contributed by atoms with Gasteiger partial charge in [-0.3, -0.25) is 4.90 Å². The van der Waals surface area contributed by atoms with Crippen LogP contribution in [0.5, 0.6) is 17.4 Å². The first kappa shape index (κ1) is 25.7. The second-order valence-electron chi connectivity index (χ2n) is 8.40. The smallest absolute Gasteiger partial charge is 0.227 e. The number of para-hydroxylation sites is 1. The highest BCUT2D eigenvalue weighted by Crippen LogP contribution is 2.33. The first-order chi connectivity index (χ1) is 16.5. The lowest BCUT2D eigenvalue weighted by Crippen LogP contribution is -2.40. The number of hydrogen-bond donors (Lipinski definition) is 1. The third kappa shape index (κ3) is 6.59. The van der Waals surface area contributed by atoms with E-state index >= 15 is 0 Å². The number of methoxy groups -OCH3 is 1. The summed E-state index contributed by atoms with van der Waals surface area (Å²) in [6.45, 7) is 10.3. The van der Waals surface area contributed by atoms with E-state index in [1.54, 1.807) is 7.11 Å². The van der Waals surface area contributed by atoms with E-state index in [4.69, 9.17) is 19.3 Å². The van der Waals surface area contributed by atoms with Gasteiger partial charge in [0.05, 0.1) is 36.8 Å². The molecule has 0 bridgehead atoms. The van der Waals surface area contributed by atoms with Gasteiger partial charge in [-0.2, -0.15) is 5.10 Å². The number of rotatable bonds is 13. The molecule has 0 spiro atoms. The fraction of sp³-hybridized carbons (Fsp3) is 0.444. The van der Waals surface area contributed by atoms with Gasteiger partial charge in [-0.1, -0.05) is 31.2 Å². The summed E-state index contributed by atoms with van der Waals surface area (Å²) in [5.41, 5.74) is 2.78. The van der Waals surface area contributed by atoms with E-state index in [1.807, 2.05) is 73.1 Å². The van der Waals surface area contributed by atoms with Crippen molar-refractivity contribution in [2.45, 2.75) is 52.8 Å². The lowest BCUT2D eigenvalue weighted by Gasteiger charge is -2.30. The lowest BCUT2D eigenvalue weighted by atomic mass is 10.1. The van der Waals surface area contributed by atoms with Gasteiger partial charge in [-0.15, -0.1) is 0 Å². The Morgan fingerprint density at radius 2 is 1.79 bits per heavy atom. The number of hydrogen-bond acceptors (Lipinski definition) is 6. The number of aliphatic hydroxyl groups is 1. The molecule has 184 valence electrons. The van der Waals surface area contributed by atoms with Crippen molar-refractivity contribution < 1.29 is 19.3 Å². The molecule has 1 N–H and O–H groups in total. The van der Waals surface area contributed by atoms with Crippen LogP contribution in [-0.2, 0) is 11.3 Å². The van der Waals surface area contributed by atoms with Crippen LogP contribution < -0.4 is 9.47 Å². The average Bonchev–Trinajstić information content (AvgIpc) is 3.17. The maximum atomic E-state index is 10.6. The van der Waals surface area contributed by atoms with Crippen LogP contribution in [0.1, 0.15) is 38.4 Å². The highest BCUT2D eigenvalue weighted by molar-refractivity contribution is 5.44. The third-order valence-corrected chi connectivity index (χ3v) is 5.93. The molecule has 7 nitrogen and oxygen atoms in total. The van der Waals surface area contributed by atoms with Crippen LogP contribution in [0.3, 0.4) is 0 Å². The van der Waals surface area contributed by atoms with Crippen molar-refractivity contribution in [3.8, 4) is 23.1 Å². The summed E-state index contributed by atoms with van der Waals surface area (Å²) in [5.74, 6) is 2.05. The highest BCUT2D eigenvalue weighted by atomic mass is 16.5. The Bertz CT molecular complexity index is 1020. The minimum atomic E-state index is -0.568. The Balaban J connectivity index is 1.99. The van der Waals surface area contributed by atoms with Crippen molar-refractivity contribution in [2.24, 2.45) is 0 Å². The Labute approximate surface area is 202 Å². The van der Waals surface area contributed by atoms with Gasteiger partial charge in [0, 0.05) is 31.8 Å². The molecular weight excluding hydrogens is 430 g/mol. The highest BCUT2D eigenvalue weighted by Gasteiger charge is 2.24. The summed E-state index contributed by atoms with van der Waals surface area (Å²) in [5, 5.41) is 15.4. The third-order valence-electron chi connectivity index (χ3n) is 5.93. The number of aromatic nitrogens is 2. The normalized spacial score (nSPS) is 13.1. The molecule has 34 heavy (non-hydrogen) atoms. The summed E-state index contributed by atoms with van der Waals surface area (Å²) in [4.78, 5) is 2.27. The lowest BCUT2D eigenvalue weighted by molar-refractivity contribution is 0.0111. The number of benzene rings is 2. The zero-order valence-corrected chi connectivity index (χ0v) is 20.9. The monoisotopic (exact) mass is 467 g/mol. The van der Waals surface area contributed by atoms with Gasteiger partial charge in [-0.25, -0.2) is 4.68 Å². The molecular formula is C27H37N3O4. The molecule has 0 aliphatic rings. The van der Waals surface area contributed by atoms with E-state index in [-0.39, 0.29) is 6.04 Å². The second kappa shape index (κ2) is 12.6. The van der Waals surface area contributed by atoms with Crippen LogP contribution in [0, 0.1) is 6.92 Å². The molecule has 3 aromatic rings. The fourth-order valence-electron chi connectivity index (χ4n) is 3.78. The minimum absolute atomic E-state index is 0.264. The largest absolute Gasteiger partial charge is 0.497 e. The van der Waals surface area contributed by atoms with Gasteiger partial charge in [0.15, 0.2) is 0 Å². The van der Waals surface area contributed by atoms with E-state index in [9.17, 15) is 5.11 Å². The van der Waals surface area contributed by atoms with Gasteiger partial charge < -0.3 is 19.3 Å². The van der Waals surface area contributed by atoms with Gasteiger partial charge in [0.1, 0.15) is 11.5 Å². The van der Waals surface area contributed by atoms with Crippen molar-refractivity contribution in [1.29, 1.82) is 0 Å². The molecule has 3 rings (SSSR count). The van der Waals surface area contributed by atoms with Gasteiger partial charge in [0.2, 0.25) is 5.88 Å². The molecule has 1 aromatic heterocycles. The Morgan fingerprint density at radius 1 is 1.06 bits per heavy atom. The Morgan fingerprint density at radius 3 is 2.47 bits per heavy atom. The maximum Gasteiger partial charge on any atom is 0.227 e. The number of ether oxygens (including phenoxy) is 3. The maximum absolute atomic E-state index is 10.6. The van der Waals surface area contributed by atoms with Crippen molar-refractivity contribution >= 4 is 0 Å². The fourth-order valence-corrected chi connectivity index (χ4v) is 3.78. The first-order valence-electron chi connectivity index (χ1n) is 11.9. The first-order valence-corrected chi connectivity index (χ1v) is 11.9. The number of aryl methyl sites for hydroxylation is 1. The molecule has 0 fully saturated rings. The topological polar surface area (TPSA) is 69.0 Å². The zero-order valence-electron chi connectivity index (χ0n) is 20.9. The van der Waals surface area contributed by atoms with E-state index in [1.165, 1.54) is 0 Å². The van der Waals surface area contributed by atoms with Crippen LogP contribution in [0.15, 0.2) is 54.6 Å². The predicted molar refractivity (Wildman–Crippen MR) is 134 cm³/mol. The average molecular weight is 468 g/mol. The van der Waals surface area contributed by atoms with Crippen molar-refractivity contribution in [3.63, 3.8) is 0 Å². The van der Waals surface area contributed by atoms with E-state index < -0.39 is 6.10 Å². The molecule has 7 heteroatoms. The summed E-state index contributed by atoms with van der Waals surface area (Å²) < 4.78 is 19.1. The molecule has 0 unspecified atom stereocenters. The summed E-state index contributed by atoms with van der Waals surface area (Å²) >= 11 is 0. The molecule has 0 aliphatic heterocycles. The van der Waals surface area contributed by atoms with Crippen molar-refractivity contribution in [1.82, 2.24) is 14.7 Å². The zero-order chi connectivity index (χ0) is 24.5. The van der Waals surface area contributed by atoms with Crippen LogP contribution in [0.2, 0.25) is 0 Å². The van der Waals surface area contributed by atoms with Gasteiger partial charge >= 0.3 is 0 Å². The molecule has 2 aromatic carbocycles. The van der Waals surface area contributed by atoms with E-state index in [2.05, 4.69) is 18.7 Å². The molecule has 0 saturated heterocycles. The summed E-state index contributed by atoms with van der Waals surface area (Å²) in [7, 11) is 1.64. The molecule has 0 amide bonds. The molecule has 0 radical (unpaired) electrons. The second-order valence-corrected chi connectivity index (χ2v) is 8.40. The molecule has 2 atom stereocenters. The van der Waals surface area contributed by atoms with Crippen molar-refractivity contribution in [3.05, 3.63) is 65.9 Å². The van der Waals surface area contributed by atoms with Crippen LogP contribution in [0.25, 0.3) is 5.69 Å². The standard InChI is InChI=1S/C27H37N3O4/c1-6-20(3)29(17-23(31)19-33-7-2)18-26-21(4)28-30(22-12-9-8-10-13-22)27(26)34-25-15-11-14-24(16-25)32-5/h8-16,20,23,31H,6-7,17-19H2,1-5H3/t20-,23+/m0/s1. The summed E-state index contributed by atoms with van der Waals surface area (Å²) in [6, 6.07) is 17.8. The molecule has 1 heterocycles. The molecule has 0 aliphatic carbocycles. The Kier molecular flexibility index (Phi) is 9.51. The van der Waals surface area contributed by atoms with Crippen LogP contribution in [-0.4, -0.2) is 58.8 Å². The van der Waals surface area contributed by atoms with Gasteiger partial charge in [-0.05, 0) is 51.5 Å². The number of nitrogens with zero attached hydrogens (tertiary/aromatic N) is 3. The van der Waals surface area contributed by atoms with E-state index in [0.29, 0.717) is 37.9 Å². The molecule has 0 saturated carbocycles. The SMILES string of the molecule is CCOC[C@H](O)CN(Cc1c(C)nn(-c2ccccc2)c1Oc1cccc(OC)c1)[C@@H](C)CC. The van der Waals surface area contributed by atoms with Crippen LogP contribution in [0.4, 0.5) is 0 Å². The van der Waals surface area contributed by atoms with E-state index in [0.717, 1.165) is 29.1 Å². The minimum Gasteiger partial charge on any atom is -0.497 e. The Hall–Kier alpha value is -2.87. The van der Waals surface area contributed by atoms with Crippen molar-refractivity contribution in [2.75, 3.05) is 26.9 Å².